The van der Waals surface area contributed by atoms with Gasteiger partial charge in [-0.2, -0.15) is 0 Å². The molecule has 4 nitrogen and oxygen atoms in total. The molecule has 2 aliphatic rings. The van der Waals surface area contributed by atoms with Gasteiger partial charge in [0.05, 0.1) is 24.5 Å². The lowest BCUT2D eigenvalue weighted by molar-refractivity contribution is -0.116. The van der Waals surface area contributed by atoms with Crippen molar-refractivity contribution in [1.29, 1.82) is 0 Å². The molecule has 3 aromatic rings. The van der Waals surface area contributed by atoms with E-state index in [0.29, 0.717) is 6.42 Å². The number of fused-ring (bicyclic) bond motifs is 1. The van der Waals surface area contributed by atoms with Crippen LogP contribution in [0.15, 0.2) is 90.1 Å². The molecule has 5 rings (SSSR count). The summed E-state index contributed by atoms with van der Waals surface area (Å²) in [6, 6.07) is 26.2. The summed E-state index contributed by atoms with van der Waals surface area (Å²) in [5, 5.41) is 7.20. The van der Waals surface area contributed by atoms with E-state index in [-0.39, 0.29) is 17.7 Å². The number of methoxy groups -OCH3 is 1. The number of rotatable bonds is 3. The molecule has 0 radical (unpaired) electrons. The standard InChI is InChI=1S/C26H24N2O2/c1-30-20-11-7-10-18(14-20)26-25-23(27-21-12-5-6-13-22(21)28-26)15-19(16-24(25)29)17-8-3-2-4-9-17/h2-14,19,26-28H,15-16H2,1H3/t19-,26-/m1/s1. The zero-order valence-corrected chi connectivity index (χ0v) is 16.9. The second-order valence-corrected chi connectivity index (χ2v) is 7.86. The smallest absolute Gasteiger partial charge is 0.163 e. The topological polar surface area (TPSA) is 50.4 Å². The van der Waals surface area contributed by atoms with Gasteiger partial charge in [0.2, 0.25) is 0 Å². The van der Waals surface area contributed by atoms with E-state index in [4.69, 9.17) is 4.74 Å². The van der Waals surface area contributed by atoms with Crippen molar-refractivity contribution in [1.82, 2.24) is 0 Å². The highest BCUT2D eigenvalue weighted by Crippen LogP contribution is 2.44. The van der Waals surface area contributed by atoms with Crippen LogP contribution < -0.4 is 15.4 Å². The highest BCUT2D eigenvalue weighted by Gasteiger charge is 2.36. The Morgan fingerprint density at radius 3 is 2.37 bits per heavy atom. The van der Waals surface area contributed by atoms with E-state index in [9.17, 15) is 4.79 Å². The van der Waals surface area contributed by atoms with Crippen LogP contribution in [0.4, 0.5) is 11.4 Å². The van der Waals surface area contributed by atoms with Crippen LogP contribution in [0.5, 0.6) is 5.75 Å². The summed E-state index contributed by atoms with van der Waals surface area (Å²) in [4.78, 5) is 13.5. The number of hydrogen-bond acceptors (Lipinski definition) is 4. The normalized spacial score (nSPS) is 20.4. The van der Waals surface area contributed by atoms with E-state index in [0.717, 1.165) is 40.4 Å². The third-order valence-corrected chi connectivity index (χ3v) is 6.01. The van der Waals surface area contributed by atoms with Crippen molar-refractivity contribution >= 4 is 17.2 Å². The maximum Gasteiger partial charge on any atom is 0.163 e. The first-order chi connectivity index (χ1) is 14.7. The second kappa shape index (κ2) is 7.71. The molecule has 0 fully saturated rings. The van der Waals surface area contributed by atoms with Gasteiger partial charge in [0.1, 0.15) is 5.75 Å². The number of nitrogens with one attached hydrogen (secondary N) is 2. The number of para-hydroxylation sites is 2. The van der Waals surface area contributed by atoms with E-state index < -0.39 is 0 Å². The van der Waals surface area contributed by atoms with Crippen LogP contribution in [-0.4, -0.2) is 12.9 Å². The summed E-state index contributed by atoms with van der Waals surface area (Å²) >= 11 is 0. The molecule has 4 heteroatoms. The van der Waals surface area contributed by atoms with Gasteiger partial charge < -0.3 is 15.4 Å². The van der Waals surface area contributed by atoms with Gasteiger partial charge in [-0.05, 0) is 47.7 Å². The van der Waals surface area contributed by atoms with Crippen LogP contribution in [0.3, 0.4) is 0 Å². The summed E-state index contributed by atoms with van der Waals surface area (Å²) in [6.45, 7) is 0. The Morgan fingerprint density at radius 1 is 0.833 bits per heavy atom. The SMILES string of the molecule is COc1cccc([C@H]2Nc3ccccc3NC3=C2C(=O)C[C@H](c2ccccc2)C3)c1. The number of ketones is 1. The molecule has 150 valence electrons. The predicted octanol–water partition coefficient (Wildman–Crippen LogP) is 5.67. The van der Waals surface area contributed by atoms with E-state index in [1.165, 1.54) is 5.56 Å². The number of hydrogen-bond donors (Lipinski definition) is 2. The Hall–Kier alpha value is -3.53. The molecule has 0 aromatic heterocycles. The molecule has 3 aromatic carbocycles. The molecule has 1 aliphatic carbocycles. The van der Waals surface area contributed by atoms with Gasteiger partial charge >= 0.3 is 0 Å². The molecule has 1 heterocycles. The number of ether oxygens (including phenoxy) is 1. The van der Waals surface area contributed by atoms with Crippen molar-refractivity contribution in [2.75, 3.05) is 17.7 Å². The largest absolute Gasteiger partial charge is 0.497 e. The molecular weight excluding hydrogens is 372 g/mol. The number of allylic oxidation sites excluding steroid dienone is 1. The zero-order valence-electron chi connectivity index (χ0n) is 16.9. The number of anilines is 2. The summed E-state index contributed by atoms with van der Waals surface area (Å²) in [5.41, 5.74) is 6.05. The lowest BCUT2D eigenvalue weighted by Crippen LogP contribution is -2.26. The van der Waals surface area contributed by atoms with Gasteiger partial charge in [0.25, 0.3) is 0 Å². The molecule has 0 bridgehead atoms. The molecule has 0 amide bonds. The molecule has 1 aliphatic heterocycles. The van der Waals surface area contributed by atoms with Crippen molar-refractivity contribution in [2.45, 2.75) is 24.8 Å². The van der Waals surface area contributed by atoms with Crippen LogP contribution in [0.1, 0.15) is 35.9 Å². The summed E-state index contributed by atoms with van der Waals surface area (Å²) in [6.07, 6.45) is 1.32. The first-order valence-electron chi connectivity index (χ1n) is 10.3. The first kappa shape index (κ1) is 18.5. The molecule has 2 N–H and O–H groups in total. The Labute approximate surface area is 176 Å². The summed E-state index contributed by atoms with van der Waals surface area (Å²) in [5.74, 6) is 1.15. The lowest BCUT2D eigenvalue weighted by Gasteiger charge is -2.30. The Morgan fingerprint density at radius 2 is 1.57 bits per heavy atom. The molecule has 30 heavy (non-hydrogen) atoms. The average molecular weight is 396 g/mol. The van der Waals surface area contributed by atoms with Crippen molar-refractivity contribution in [2.24, 2.45) is 0 Å². The van der Waals surface area contributed by atoms with Crippen molar-refractivity contribution in [3.05, 3.63) is 101 Å². The summed E-state index contributed by atoms with van der Waals surface area (Å²) < 4.78 is 5.44. The average Bonchev–Trinajstić information content (AvgIpc) is 2.96. The fraction of sp³-hybridized carbons (Fsp3) is 0.192. The van der Waals surface area contributed by atoms with Crippen molar-refractivity contribution < 1.29 is 9.53 Å². The van der Waals surface area contributed by atoms with Gasteiger partial charge in [-0.3, -0.25) is 4.79 Å². The zero-order chi connectivity index (χ0) is 20.5. The highest BCUT2D eigenvalue weighted by molar-refractivity contribution is 6.01. The number of carbonyl (C=O) groups is 1. The second-order valence-electron chi connectivity index (χ2n) is 7.86. The Bertz CT molecular complexity index is 1120. The van der Waals surface area contributed by atoms with Gasteiger partial charge in [0, 0.05) is 17.7 Å². The van der Waals surface area contributed by atoms with Crippen molar-refractivity contribution in [3.8, 4) is 5.75 Å². The van der Waals surface area contributed by atoms with E-state index >= 15 is 0 Å². The highest BCUT2D eigenvalue weighted by atomic mass is 16.5. The minimum Gasteiger partial charge on any atom is -0.497 e. The van der Waals surface area contributed by atoms with Gasteiger partial charge in [0.15, 0.2) is 5.78 Å². The van der Waals surface area contributed by atoms with Gasteiger partial charge in [-0.1, -0.05) is 54.6 Å². The molecule has 0 spiro atoms. The number of carbonyl (C=O) groups excluding carboxylic acids is 1. The minimum atomic E-state index is -0.226. The van der Waals surface area contributed by atoms with Crippen LogP contribution in [-0.2, 0) is 4.79 Å². The van der Waals surface area contributed by atoms with Crippen LogP contribution in [0, 0.1) is 0 Å². The molecule has 0 saturated heterocycles. The number of Topliss-reactive ketones (excluding diaryl/α,β-unsaturated/α-hetero) is 1. The third-order valence-electron chi connectivity index (χ3n) is 6.01. The monoisotopic (exact) mass is 396 g/mol. The quantitative estimate of drug-likeness (QED) is 0.598. The van der Waals surface area contributed by atoms with Crippen molar-refractivity contribution in [3.63, 3.8) is 0 Å². The molecule has 0 saturated carbocycles. The van der Waals surface area contributed by atoms with E-state index in [2.05, 4.69) is 34.9 Å². The molecular formula is C26H24N2O2. The fourth-order valence-corrected chi connectivity index (χ4v) is 4.52. The van der Waals surface area contributed by atoms with Crippen LogP contribution in [0.2, 0.25) is 0 Å². The van der Waals surface area contributed by atoms with Gasteiger partial charge in [-0.25, -0.2) is 0 Å². The minimum absolute atomic E-state index is 0.182. The maximum atomic E-state index is 13.5. The van der Waals surface area contributed by atoms with E-state index in [1.807, 2.05) is 54.6 Å². The Balaban J connectivity index is 1.62. The predicted molar refractivity (Wildman–Crippen MR) is 120 cm³/mol. The molecule has 2 atom stereocenters. The summed E-state index contributed by atoms with van der Waals surface area (Å²) in [7, 11) is 1.66. The third kappa shape index (κ3) is 3.35. The first-order valence-corrected chi connectivity index (χ1v) is 10.3. The van der Waals surface area contributed by atoms with E-state index in [1.54, 1.807) is 7.11 Å². The van der Waals surface area contributed by atoms with Crippen LogP contribution >= 0.6 is 0 Å². The maximum absolute atomic E-state index is 13.5. The Kier molecular flexibility index (Phi) is 4.75. The number of benzene rings is 3. The van der Waals surface area contributed by atoms with Gasteiger partial charge in [-0.15, -0.1) is 0 Å². The fourth-order valence-electron chi connectivity index (χ4n) is 4.52. The molecule has 0 unspecified atom stereocenters. The lowest BCUT2D eigenvalue weighted by atomic mass is 9.78. The van der Waals surface area contributed by atoms with Crippen LogP contribution in [0.25, 0.3) is 0 Å².